The molecule has 0 aliphatic heterocycles. The minimum absolute atomic E-state index is 0.0324. The Hall–Kier alpha value is -1.55. The third-order valence-corrected chi connectivity index (χ3v) is 3.43. The monoisotopic (exact) mass is 321 g/mol. The van der Waals surface area contributed by atoms with Gasteiger partial charge in [-0.2, -0.15) is 0 Å². The molecule has 0 aliphatic carbocycles. The van der Waals surface area contributed by atoms with E-state index in [-0.39, 0.29) is 10.7 Å². The summed E-state index contributed by atoms with van der Waals surface area (Å²) in [6.07, 6.45) is 0. The van der Waals surface area contributed by atoms with Crippen LogP contribution < -0.4 is 10.1 Å². The number of rotatable bonds is 4. The molecule has 0 heterocycles. The molecule has 0 saturated heterocycles. The lowest BCUT2D eigenvalue weighted by atomic mass is 10.0. The molecule has 0 saturated carbocycles. The van der Waals surface area contributed by atoms with E-state index in [1.165, 1.54) is 0 Å². The summed E-state index contributed by atoms with van der Waals surface area (Å²) in [5.41, 5.74) is 1.00. The molecule has 2 aromatic rings. The highest BCUT2D eigenvalue weighted by Gasteiger charge is 2.12. The molecule has 1 atom stereocenters. The summed E-state index contributed by atoms with van der Waals surface area (Å²) in [5.74, 6) is 0.760. The lowest BCUT2D eigenvalue weighted by Crippen LogP contribution is -2.29. The predicted molar refractivity (Wildman–Crippen MR) is 80.7 cm³/mol. The quantitative estimate of drug-likeness (QED) is 0.878. The van der Waals surface area contributed by atoms with Gasteiger partial charge in [0.15, 0.2) is 0 Å². The molecule has 1 amide bonds. The number of carbonyl (C=O) groups excluding carboxylic acids is 1. The number of halogens is 1. The molecule has 0 spiro atoms. The number of hydrogen-bond acceptors (Lipinski definition) is 2. The van der Waals surface area contributed by atoms with Gasteiger partial charge in [-0.15, -0.1) is 0 Å². The second-order valence-corrected chi connectivity index (χ2v) is 5.67. The van der Waals surface area contributed by atoms with Gasteiger partial charge in [0.2, 0.25) is 5.91 Å². The highest BCUT2D eigenvalue weighted by molar-refractivity contribution is 9.10. The molecule has 0 radical (unpaired) electrons. The lowest BCUT2D eigenvalue weighted by Gasteiger charge is -2.13. The van der Waals surface area contributed by atoms with E-state index in [4.69, 9.17) is 4.74 Å². The predicted octanol–water partition coefficient (Wildman–Crippen LogP) is 3.25. The van der Waals surface area contributed by atoms with Crippen molar-refractivity contribution in [1.82, 2.24) is 5.32 Å². The van der Waals surface area contributed by atoms with Crippen molar-refractivity contribution in [2.75, 3.05) is 7.11 Å². The number of benzene rings is 2. The number of ether oxygens (including phenoxy) is 1. The van der Waals surface area contributed by atoms with Crippen LogP contribution in [-0.2, 0) is 11.3 Å². The molecule has 0 aliphatic rings. The number of amides is 1. The van der Waals surface area contributed by atoms with Gasteiger partial charge in [0.05, 0.1) is 11.9 Å². The molecule has 100 valence electrons. The summed E-state index contributed by atoms with van der Waals surface area (Å²) in [7, 11) is 1.64. The molecule has 19 heavy (non-hydrogen) atoms. The third-order valence-electron chi connectivity index (χ3n) is 3.02. The minimum atomic E-state index is -0.200. The van der Waals surface area contributed by atoms with E-state index in [1.54, 1.807) is 14.0 Å². The van der Waals surface area contributed by atoms with Crippen molar-refractivity contribution in [3.05, 3.63) is 42.0 Å². The second kappa shape index (κ2) is 6.06. The summed E-state index contributed by atoms with van der Waals surface area (Å²) < 4.78 is 5.38. The Bertz CT molecular complexity index is 596. The zero-order valence-electron chi connectivity index (χ0n) is 10.9. The molecule has 0 bridgehead atoms. The maximum absolute atomic E-state index is 11.7. The Balaban J connectivity index is 2.36. The van der Waals surface area contributed by atoms with Crippen molar-refractivity contribution in [2.24, 2.45) is 0 Å². The van der Waals surface area contributed by atoms with Gasteiger partial charge in [0.1, 0.15) is 5.75 Å². The Morgan fingerprint density at radius 1 is 1.32 bits per heavy atom. The number of alkyl halides is 1. The van der Waals surface area contributed by atoms with Crippen LogP contribution in [0, 0.1) is 0 Å². The zero-order valence-corrected chi connectivity index (χ0v) is 12.5. The Labute approximate surface area is 121 Å². The molecule has 1 N–H and O–H groups in total. The van der Waals surface area contributed by atoms with Gasteiger partial charge >= 0.3 is 0 Å². The average Bonchev–Trinajstić information content (AvgIpc) is 2.43. The van der Waals surface area contributed by atoms with Crippen LogP contribution in [0.5, 0.6) is 5.75 Å². The molecule has 2 rings (SSSR count). The van der Waals surface area contributed by atoms with E-state index in [1.807, 2.05) is 36.4 Å². The molecule has 3 nitrogen and oxygen atoms in total. The van der Waals surface area contributed by atoms with Crippen LogP contribution in [0.3, 0.4) is 0 Å². The van der Waals surface area contributed by atoms with E-state index < -0.39 is 0 Å². The standard InChI is InChI=1S/C15H16BrNO2/c1-10(16)15(18)17-9-13-12-6-4-3-5-11(12)7-8-14(13)19-2/h3-8,10H,9H2,1-2H3,(H,17,18). The van der Waals surface area contributed by atoms with Gasteiger partial charge in [0, 0.05) is 12.1 Å². The fourth-order valence-corrected chi connectivity index (χ4v) is 2.17. The number of hydrogen-bond donors (Lipinski definition) is 1. The Kier molecular flexibility index (Phi) is 4.43. The zero-order chi connectivity index (χ0) is 13.8. The third kappa shape index (κ3) is 3.07. The SMILES string of the molecule is COc1ccc2ccccc2c1CNC(=O)C(C)Br. The van der Waals surface area contributed by atoms with Crippen LogP contribution in [0.2, 0.25) is 0 Å². The molecule has 4 heteroatoms. The van der Waals surface area contributed by atoms with Crippen molar-refractivity contribution in [1.29, 1.82) is 0 Å². The van der Waals surface area contributed by atoms with Crippen molar-refractivity contribution < 1.29 is 9.53 Å². The number of methoxy groups -OCH3 is 1. The fourth-order valence-electron chi connectivity index (χ4n) is 2.01. The van der Waals surface area contributed by atoms with Gasteiger partial charge in [-0.25, -0.2) is 0 Å². The first-order chi connectivity index (χ1) is 9.13. The summed E-state index contributed by atoms with van der Waals surface area (Å²) in [6.45, 7) is 2.26. The highest BCUT2D eigenvalue weighted by Crippen LogP contribution is 2.27. The minimum Gasteiger partial charge on any atom is -0.496 e. The van der Waals surface area contributed by atoms with Crippen molar-refractivity contribution >= 4 is 32.6 Å². The summed E-state index contributed by atoms with van der Waals surface area (Å²) >= 11 is 3.26. The van der Waals surface area contributed by atoms with Gasteiger partial charge in [-0.3, -0.25) is 4.79 Å². The maximum Gasteiger partial charge on any atom is 0.233 e. The normalized spacial score (nSPS) is 12.2. The van der Waals surface area contributed by atoms with Gasteiger partial charge in [-0.05, 0) is 23.8 Å². The van der Waals surface area contributed by atoms with E-state index in [0.29, 0.717) is 6.54 Å². The first-order valence-corrected chi connectivity index (χ1v) is 7.01. The van der Waals surface area contributed by atoms with Crippen LogP contribution >= 0.6 is 15.9 Å². The van der Waals surface area contributed by atoms with Crippen LogP contribution in [0.1, 0.15) is 12.5 Å². The number of nitrogens with one attached hydrogen (secondary N) is 1. The molecular formula is C15H16BrNO2. The van der Waals surface area contributed by atoms with E-state index >= 15 is 0 Å². The Morgan fingerprint density at radius 3 is 2.74 bits per heavy atom. The number of fused-ring (bicyclic) bond motifs is 1. The molecular weight excluding hydrogens is 306 g/mol. The smallest absolute Gasteiger partial charge is 0.233 e. The lowest BCUT2D eigenvalue weighted by molar-refractivity contribution is -0.120. The van der Waals surface area contributed by atoms with Gasteiger partial charge < -0.3 is 10.1 Å². The highest BCUT2D eigenvalue weighted by atomic mass is 79.9. The topological polar surface area (TPSA) is 38.3 Å². The molecule has 0 fully saturated rings. The summed E-state index contributed by atoms with van der Waals surface area (Å²) in [4.78, 5) is 11.5. The van der Waals surface area contributed by atoms with Crippen molar-refractivity contribution in [3.63, 3.8) is 0 Å². The average molecular weight is 322 g/mol. The van der Waals surface area contributed by atoms with Crippen molar-refractivity contribution in [2.45, 2.75) is 18.3 Å². The largest absolute Gasteiger partial charge is 0.496 e. The van der Waals surface area contributed by atoms with Crippen LogP contribution in [0.25, 0.3) is 10.8 Å². The van der Waals surface area contributed by atoms with Crippen LogP contribution in [-0.4, -0.2) is 17.8 Å². The van der Waals surface area contributed by atoms with Crippen LogP contribution in [0.15, 0.2) is 36.4 Å². The first kappa shape index (κ1) is 13.9. The maximum atomic E-state index is 11.7. The van der Waals surface area contributed by atoms with Gasteiger partial charge in [0.25, 0.3) is 0 Å². The molecule has 2 aromatic carbocycles. The van der Waals surface area contributed by atoms with Crippen molar-refractivity contribution in [3.8, 4) is 5.75 Å². The first-order valence-electron chi connectivity index (χ1n) is 6.10. The fraction of sp³-hybridized carbons (Fsp3) is 0.267. The number of carbonyl (C=O) groups is 1. The van der Waals surface area contributed by atoms with E-state index in [0.717, 1.165) is 22.1 Å². The summed E-state index contributed by atoms with van der Waals surface area (Å²) in [5, 5.41) is 5.14. The second-order valence-electron chi connectivity index (χ2n) is 4.30. The molecule has 0 aromatic heterocycles. The van der Waals surface area contributed by atoms with Gasteiger partial charge in [-0.1, -0.05) is 46.3 Å². The summed E-state index contributed by atoms with van der Waals surface area (Å²) in [6, 6.07) is 12.0. The van der Waals surface area contributed by atoms with Crippen LogP contribution in [0.4, 0.5) is 0 Å². The van der Waals surface area contributed by atoms with E-state index in [2.05, 4.69) is 21.2 Å². The Morgan fingerprint density at radius 2 is 2.05 bits per heavy atom. The van der Waals surface area contributed by atoms with E-state index in [9.17, 15) is 4.79 Å². The molecule has 1 unspecified atom stereocenters.